The second-order valence-corrected chi connectivity index (χ2v) is 6.57. The topological polar surface area (TPSA) is 52.6 Å². The van der Waals surface area contributed by atoms with Crippen LogP contribution in [0.25, 0.3) is 0 Å². The van der Waals surface area contributed by atoms with Gasteiger partial charge in [0.1, 0.15) is 0 Å². The van der Waals surface area contributed by atoms with E-state index in [2.05, 4.69) is 16.3 Å². The lowest BCUT2D eigenvalue weighted by Crippen LogP contribution is -2.36. The van der Waals surface area contributed by atoms with Gasteiger partial charge in [0.15, 0.2) is 0 Å². The fourth-order valence-electron chi connectivity index (χ4n) is 3.26. The first-order valence-electron chi connectivity index (χ1n) is 8.44. The van der Waals surface area contributed by atoms with Crippen molar-refractivity contribution >= 4 is 17.3 Å². The summed E-state index contributed by atoms with van der Waals surface area (Å²) in [6, 6.07) is 13.7. The van der Waals surface area contributed by atoms with E-state index in [4.69, 9.17) is 0 Å². The number of benzene rings is 2. The summed E-state index contributed by atoms with van der Waals surface area (Å²) < 4.78 is 0. The largest absolute Gasteiger partial charge is 0.393 e. The van der Waals surface area contributed by atoms with E-state index in [1.807, 2.05) is 50.2 Å². The lowest BCUT2D eigenvalue weighted by molar-refractivity contribution is 0.102. The van der Waals surface area contributed by atoms with Gasteiger partial charge in [-0.25, -0.2) is 0 Å². The molecular formula is C20H24N2O2. The maximum absolute atomic E-state index is 12.6. The number of carbonyl (C=O) groups excluding carboxylic acids is 1. The number of amides is 1. The van der Waals surface area contributed by atoms with Crippen molar-refractivity contribution in [3.63, 3.8) is 0 Å². The molecule has 126 valence electrons. The molecule has 1 aliphatic heterocycles. The number of hydrogen-bond acceptors (Lipinski definition) is 3. The maximum Gasteiger partial charge on any atom is 0.255 e. The molecule has 2 aromatic carbocycles. The Balaban J connectivity index is 1.81. The fourth-order valence-corrected chi connectivity index (χ4v) is 3.26. The molecule has 24 heavy (non-hydrogen) atoms. The minimum Gasteiger partial charge on any atom is -0.393 e. The van der Waals surface area contributed by atoms with E-state index in [-0.39, 0.29) is 12.0 Å². The van der Waals surface area contributed by atoms with Crippen LogP contribution >= 0.6 is 0 Å². The molecule has 0 saturated carbocycles. The second kappa shape index (κ2) is 7.05. The summed E-state index contributed by atoms with van der Waals surface area (Å²) in [6.45, 7) is 5.60. The third kappa shape index (κ3) is 3.77. The van der Waals surface area contributed by atoms with Crippen LogP contribution in [0.3, 0.4) is 0 Å². The van der Waals surface area contributed by atoms with Gasteiger partial charge < -0.3 is 15.3 Å². The monoisotopic (exact) mass is 324 g/mol. The van der Waals surface area contributed by atoms with E-state index in [1.165, 1.54) is 0 Å². The number of anilines is 2. The van der Waals surface area contributed by atoms with Crippen LogP contribution in [0.5, 0.6) is 0 Å². The summed E-state index contributed by atoms with van der Waals surface area (Å²) in [5, 5.41) is 12.7. The molecule has 0 unspecified atom stereocenters. The van der Waals surface area contributed by atoms with Gasteiger partial charge in [0, 0.05) is 18.7 Å². The van der Waals surface area contributed by atoms with Gasteiger partial charge in [-0.05, 0) is 51.0 Å². The summed E-state index contributed by atoms with van der Waals surface area (Å²) in [6.07, 6.45) is 1.32. The lowest BCUT2D eigenvalue weighted by Gasteiger charge is -2.32. The van der Waals surface area contributed by atoms with Crippen LogP contribution < -0.4 is 10.2 Å². The third-order valence-corrected chi connectivity index (χ3v) is 4.44. The van der Waals surface area contributed by atoms with Crippen molar-refractivity contribution in [3.8, 4) is 0 Å². The highest BCUT2D eigenvalue weighted by Crippen LogP contribution is 2.28. The minimum absolute atomic E-state index is 0.0914. The second-order valence-electron chi connectivity index (χ2n) is 6.57. The summed E-state index contributed by atoms with van der Waals surface area (Å²) in [7, 11) is 0. The van der Waals surface area contributed by atoms with Crippen LogP contribution in [0, 0.1) is 13.8 Å². The number of nitrogens with one attached hydrogen (secondary N) is 1. The van der Waals surface area contributed by atoms with Crippen LogP contribution in [0.15, 0.2) is 42.5 Å². The summed E-state index contributed by atoms with van der Waals surface area (Å²) in [5.41, 5.74) is 4.67. The molecule has 0 bridgehead atoms. The van der Waals surface area contributed by atoms with Crippen molar-refractivity contribution in [2.75, 3.05) is 23.3 Å². The molecule has 3 rings (SSSR count). The number of aliphatic hydroxyl groups excluding tert-OH is 1. The Bertz CT molecular complexity index is 714. The molecule has 2 N–H and O–H groups in total. The zero-order chi connectivity index (χ0) is 17.1. The van der Waals surface area contributed by atoms with Crippen molar-refractivity contribution in [3.05, 3.63) is 59.2 Å². The Morgan fingerprint density at radius 1 is 1.08 bits per heavy atom. The molecule has 1 fully saturated rings. The van der Waals surface area contributed by atoms with Crippen LogP contribution in [0.2, 0.25) is 0 Å². The van der Waals surface area contributed by atoms with E-state index in [0.29, 0.717) is 5.56 Å². The smallest absolute Gasteiger partial charge is 0.255 e. The zero-order valence-electron chi connectivity index (χ0n) is 14.2. The molecule has 2 aromatic rings. The molecule has 4 nitrogen and oxygen atoms in total. The van der Waals surface area contributed by atoms with Gasteiger partial charge in [0.25, 0.3) is 5.91 Å². The molecule has 0 aliphatic carbocycles. The Morgan fingerprint density at radius 3 is 2.38 bits per heavy atom. The summed E-state index contributed by atoms with van der Waals surface area (Å²) >= 11 is 0. The lowest BCUT2D eigenvalue weighted by atomic mass is 10.1. The summed E-state index contributed by atoms with van der Waals surface area (Å²) in [4.78, 5) is 14.9. The summed E-state index contributed by atoms with van der Waals surface area (Å²) in [5.74, 6) is -0.0914. The predicted octanol–water partition coefficient (Wildman–Crippen LogP) is 3.52. The highest BCUT2D eigenvalue weighted by Gasteiger charge is 2.20. The Hall–Kier alpha value is -2.33. The Morgan fingerprint density at radius 2 is 1.71 bits per heavy atom. The zero-order valence-corrected chi connectivity index (χ0v) is 14.2. The van der Waals surface area contributed by atoms with Crippen molar-refractivity contribution in [2.24, 2.45) is 0 Å². The Labute approximate surface area is 143 Å². The van der Waals surface area contributed by atoms with Gasteiger partial charge in [-0.1, -0.05) is 29.3 Å². The number of aliphatic hydroxyl groups is 1. The first kappa shape index (κ1) is 16.5. The average molecular weight is 324 g/mol. The normalized spacial score (nSPS) is 15.4. The number of hydrogen-bond donors (Lipinski definition) is 2. The third-order valence-electron chi connectivity index (χ3n) is 4.44. The van der Waals surface area contributed by atoms with E-state index >= 15 is 0 Å². The molecule has 1 amide bonds. The molecule has 0 radical (unpaired) electrons. The van der Waals surface area contributed by atoms with E-state index in [9.17, 15) is 9.90 Å². The first-order chi connectivity index (χ1) is 11.5. The first-order valence-corrected chi connectivity index (χ1v) is 8.44. The van der Waals surface area contributed by atoms with Crippen molar-refractivity contribution in [1.82, 2.24) is 0 Å². The quantitative estimate of drug-likeness (QED) is 0.908. The predicted molar refractivity (Wildman–Crippen MR) is 97.8 cm³/mol. The molecule has 1 aliphatic rings. The molecule has 0 aromatic heterocycles. The number of nitrogens with zero attached hydrogens (tertiary/aromatic N) is 1. The number of para-hydroxylation sites is 2. The van der Waals surface area contributed by atoms with E-state index in [1.54, 1.807) is 0 Å². The molecular weight excluding hydrogens is 300 g/mol. The van der Waals surface area contributed by atoms with Gasteiger partial charge in [0.2, 0.25) is 0 Å². The van der Waals surface area contributed by atoms with Gasteiger partial charge in [-0.3, -0.25) is 4.79 Å². The van der Waals surface area contributed by atoms with Gasteiger partial charge in [0.05, 0.1) is 17.5 Å². The standard InChI is InChI=1S/C20H24N2O2/c1-14-11-15(2)13-16(12-14)20(24)21-18-5-3-4-6-19(18)22-9-7-17(23)8-10-22/h3-6,11-13,17,23H,7-10H2,1-2H3,(H,21,24). The number of carbonyl (C=O) groups is 1. The highest BCUT2D eigenvalue weighted by molar-refractivity contribution is 6.06. The molecule has 1 saturated heterocycles. The van der Waals surface area contributed by atoms with Gasteiger partial charge in [-0.15, -0.1) is 0 Å². The van der Waals surface area contributed by atoms with Crippen LogP contribution in [-0.4, -0.2) is 30.2 Å². The SMILES string of the molecule is Cc1cc(C)cc(C(=O)Nc2ccccc2N2CCC(O)CC2)c1. The van der Waals surface area contributed by atoms with Gasteiger partial charge >= 0.3 is 0 Å². The molecule has 0 spiro atoms. The van der Waals surface area contributed by atoms with E-state index < -0.39 is 0 Å². The van der Waals surface area contributed by atoms with Crippen molar-refractivity contribution in [1.29, 1.82) is 0 Å². The molecule has 1 heterocycles. The van der Waals surface area contributed by atoms with Crippen molar-refractivity contribution < 1.29 is 9.90 Å². The van der Waals surface area contributed by atoms with Gasteiger partial charge in [-0.2, -0.15) is 0 Å². The van der Waals surface area contributed by atoms with Crippen LogP contribution in [-0.2, 0) is 0 Å². The van der Waals surface area contributed by atoms with Crippen molar-refractivity contribution in [2.45, 2.75) is 32.8 Å². The molecule has 4 heteroatoms. The van der Waals surface area contributed by atoms with Crippen LogP contribution in [0.4, 0.5) is 11.4 Å². The maximum atomic E-state index is 12.6. The Kier molecular flexibility index (Phi) is 4.86. The number of aryl methyl sites for hydroxylation is 2. The number of rotatable bonds is 3. The van der Waals surface area contributed by atoms with E-state index in [0.717, 1.165) is 48.4 Å². The molecule has 0 atom stereocenters. The van der Waals surface area contributed by atoms with Crippen LogP contribution in [0.1, 0.15) is 34.3 Å². The number of piperidine rings is 1. The minimum atomic E-state index is -0.210. The highest BCUT2D eigenvalue weighted by atomic mass is 16.3. The average Bonchev–Trinajstić information content (AvgIpc) is 2.55. The fraction of sp³-hybridized carbons (Fsp3) is 0.350.